The van der Waals surface area contributed by atoms with Crippen molar-refractivity contribution in [3.63, 3.8) is 0 Å². The molecule has 1 saturated heterocycles. The van der Waals surface area contributed by atoms with Crippen molar-refractivity contribution in [3.8, 4) is 0 Å². The van der Waals surface area contributed by atoms with Gasteiger partial charge in [-0.15, -0.1) is 0 Å². The van der Waals surface area contributed by atoms with E-state index in [1.54, 1.807) is 13.0 Å². The van der Waals surface area contributed by atoms with Gasteiger partial charge in [-0.25, -0.2) is 0 Å². The first kappa shape index (κ1) is 25.0. The van der Waals surface area contributed by atoms with E-state index < -0.39 is 17.5 Å². The fraction of sp³-hybridized carbons (Fsp3) is 0.481. The van der Waals surface area contributed by atoms with Crippen LogP contribution in [-0.2, 0) is 9.59 Å². The Hall–Kier alpha value is -2.08. The van der Waals surface area contributed by atoms with Crippen molar-refractivity contribution in [3.05, 3.63) is 69.7 Å². The first-order valence-electron chi connectivity index (χ1n) is 11.9. The molecule has 5 nitrogen and oxygen atoms in total. The van der Waals surface area contributed by atoms with Crippen molar-refractivity contribution < 1.29 is 19.8 Å². The van der Waals surface area contributed by atoms with Crippen LogP contribution in [0.2, 0.25) is 10.0 Å². The van der Waals surface area contributed by atoms with Crippen LogP contribution >= 0.6 is 23.2 Å². The maximum Gasteiger partial charge on any atom is 0.304 e. The van der Waals surface area contributed by atoms with Crippen molar-refractivity contribution in [2.24, 2.45) is 11.3 Å². The van der Waals surface area contributed by atoms with Gasteiger partial charge in [0, 0.05) is 16.0 Å². The third-order valence-corrected chi connectivity index (χ3v) is 7.86. The molecule has 34 heavy (non-hydrogen) atoms. The number of aliphatic carboxylic acids is 1. The second-order valence-electron chi connectivity index (χ2n) is 10.0. The van der Waals surface area contributed by atoms with Gasteiger partial charge in [0.1, 0.15) is 0 Å². The molecule has 1 amide bonds. The number of aliphatic hydroxyl groups is 1. The Morgan fingerprint density at radius 1 is 1.12 bits per heavy atom. The lowest BCUT2D eigenvalue weighted by Gasteiger charge is -2.53. The molecule has 2 aromatic carbocycles. The summed E-state index contributed by atoms with van der Waals surface area (Å²) in [4.78, 5) is 27.9. The van der Waals surface area contributed by atoms with Gasteiger partial charge in [-0.1, -0.05) is 61.3 Å². The highest BCUT2D eigenvalue weighted by molar-refractivity contribution is 6.30. The van der Waals surface area contributed by atoms with E-state index in [1.807, 2.05) is 54.3 Å². The summed E-state index contributed by atoms with van der Waals surface area (Å²) in [5.41, 5.74) is 0.749. The van der Waals surface area contributed by atoms with Crippen LogP contribution < -0.4 is 0 Å². The summed E-state index contributed by atoms with van der Waals surface area (Å²) in [6.07, 6.45) is 1.79. The number of hydrogen-bond donors (Lipinski definition) is 2. The van der Waals surface area contributed by atoms with Crippen molar-refractivity contribution >= 4 is 35.1 Å². The minimum Gasteiger partial charge on any atom is -0.481 e. The van der Waals surface area contributed by atoms with E-state index in [-0.39, 0.29) is 36.2 Å². The molecule has 2 fully saturated rings. The third-order valence-electron chi connectivity index (χ3n) is 7.37. The average molecular weight is 504 g/mol. The van der Waals surface area contributed by atoms with Gasteiger partial charge in [0.15, 0.2) is 0 Å². The Bertz CT molecular complexity index is 1050. The van der Waals surface area contributed by atoms with Gasteiger partial charge < -0.3 is 15.1 Å². The van der Waals surface area contributed by atoms with Crippen LogP contribution in [0.5, 0.6) is 0 Å². The van der Waals surface area contributed by atoms with Crippen molar-refractivity contribution in [2.75, 3.05) is 0 Å². The number of aliphatic hydroxyl groups excluding tert-OH is 1. The number of benzene rings is 2. The highest BCUT2D eigenvalue weighted by atomic mass is 35.5. The molecule has 182 valence electrons. The number of halogens is 2. The third kappa shape index (κ3) is 4.98. The summed E-state index contributed by atoms with van der Waals surface area (Å²) < 4.78 is 0. The number of hydrogen-bond acceptors (Lipinski definition) is 3. The predicted molar refractivity (Wildman–Crippen MR) is 133 cm³/mol. The van der Waals surface area contributed by atoms with E-state index in [0.29, 0.717) is 22.9 Å². The average Bonchev–Trinajstić information content (AvgIpc) is 3.62. The van der Waals surface area contributed by atoms with Crippen molar-refractivity contribution in [1.82, 2.24) is 4.90 Å². The summed E-state index contributed by atoms with van der Waals surface area (Å²) in [6.45, 7) is 3.66. The minimum absolute atomic E-state index is 0.195. The molecule has 0 bridgehead atoms. The van der Waals surface area contributed by atoms with Crippen LogP contribution in [0.3, 0.4) is 0 Å². The molecule has 2 aliphatic rings. The van der Waals surface area contributed by atoms with Gasteiger partial charge >= 0.3 is 5.97 Å². The standard InChI is InChI=1S/C27H31Cl2NO4/c1-3-22(31)25(17-7-8-17)30-24(16-9-11-19(28)12-10-16)21(18-5-4-6-20(29)13-18)14-27(2,26(30)34)15-23(32)33/h4-6,9-13,17,21-22,24-25,31H,3,7-8,14-15H2,1-2H3,(H,32,33)/t21?,22-,24?,25?,27+/m0/s1. The van der Waals surface area contributed by atoms with Crippen LogP contribution in [0, 0.1) is 11.3 Å². The summed E-state index contributed by atoms with van der Waals surface area (Å²) in [5, 5.41) is 22.0. The SMILES string of the molecule is CC[C@H](O)C(C1CC1)N1C(=O)[C@@](C)(CC(=O)O)CC(c2cccc(Cl)c2)C1c1ccc(Cl)cc1. The van der Waals surface area contributed by atoms with E-state index in [0.717, 1.165) is 24.0 Å². The Morgan fingerprint density at radius 2 is 1.79 bits per heavy atom. The van der Waals surface area contributed by atoms with Crippen LogP contribution in [-0.4, -0.2) is 39.1 Å². The summed E-state index contributed by atoms with van der Waals surface area (Å²) >= 11 is 12.5. The zero-order chi connectivity index (χ0) is 24.6. The van der Waals surface area contributed by atoms with E-state index in [4.69, 9.17) is 23.2 Å². The van der Waals surface area contributed by atoms with Gasteiger partial charge in [0.2, 0.25) is 5.91 Å². The van der Waals surface area contributed by atoms with Gasteiger partial charge in [-0.05, 0) is 67.0 Å². The smallest absolute Gasteiger partial charge is 0.304 e. The second kappa shape index (κ2) is 9.88. The molecule has 3 unspecified atom stereocenters. The molecule has 0 radical (unpaired) electrons. The molecule has 2 aromatic rings. The zero-order valence-electron chi connectivity index (χ0n) is 19.5. The van der Waals surface area contributed by atoms with Gasteiger partial charge in [0.05, 0.1) is 30.0 Å². The number of carbonyl (C=O) groups is 2. The normalized spacial score (nSPS) is 26.9. The molecular weight excluding hydrogens is 473 g/mol. The minimum atomic E-state index is -1.11. The molecule has 1 saturated carbocycles. The number of rotatable bonds is 8. The first-order valence-corrected chi connectivity index (χ1v) is 12.6. The lowest BCUT2D eigenvalue weighted by Crippen LogP contribution is -2.59. The molecule has 0 aromatic heterocycles. The number of carboxylic acids is 1. The van der Waals surface area contributed by atoms with Crippen molar-refractivity contribution in [1.29, 1.82) is 0 Å². The lowest BCUT2D eigenvalue weighted by molar-refractivity contribution is -0.164. The maximum atomic E-state index is 14.2. The molecule has 1 aliphatic heterocycles. The number of amides is 1. The lowest BCUT2D eigenvalue weighted by atomic mass is 9.66. The number of nitrogens with zero attached hydrogens (tertiary/aromatic N) is 1. The Kier molecular flexibility index (Phi) is 7.28. The number of likely N-dealkylation sites (tertiary alicyclic amines) is 1. The van der Waals surface area contributed by atoms with E-state index in [9.17, 15) is 19.8 Å². The molecule has 7 heteroatoms. The topological polar surface area (TPSA) is 77.8 Å². The second-order valence-corrected chi connectivity index (χ2v) is 10.9. The highest BCUT2D eigenvalue weighted by Gasteiger charge is 2.55. The quantitative estimate of drug-likeness (QED) is 0.457. The molecule has 1 aliphatic carbocycles. The monoisotopic (exact) mass is 503 g/mol. The van der Waals surface area contributed by atoms with Gasteiger partial charge in [0.25, 0.3) is 0 Å². The van der Waals surface area contributed by atoms with Crippen LogP contribution in [0.15, 0.2) is 48.5 Å². The fourth-order valence-corrected chi connectivity index (χ4v) is 5.94. The Morgan fingerprint density at radius 3 is 2.35 bits per heavy atom. The molecule has 2 N–H and O–H groups in total. The van der Waals surface area contributed by atoms with Crippen LogP contribution in [0.1, 0.15) is 69.0 Å². The first-order chi connectivity index (χ1) is 16.1. The van der Waals surface area contributed by atoms with Crippen LogP contribution in [0.4, 0.5) is 0 Å². The van der Waals surface area contributed by atoms with E-state index in [2.05, 4.69) is 0 Å². The molecule has 1 heterocycles. The zero-order valence-corrected chi connectivity index (χ0v) is 21.0. The molecule has 4 rings (SSSR count). The number of piperidine rings is 1. The Labute approximate surface area is 210 Å². The van der Waals surface area contributed by atoms with Gasteiger partial charge in [-0.2, -0.15) is 0 Å². The van der Waals surface area contributed by atoms with Gasteiger partial charge in [-0.3, -0.25) is 9.59 Å². The number of carbonyl (C=O) groups excluding carboxylic acids is 1. The summed E-state index contributed by atoms with van der Waals surface area (Å²) in [7, 11) is 0. The molecule has 5 atom stereocenters. The van der Waals surface area contributed by atoms with E-state index >= 15 is 0 Å². The van der Waals surface area contributed by atoms with E-state index in [1.165, 1.54) is 0 Å². The fourth-order valence-electron chi connectivity index (χ4n) is 5.61. The maximum absolute atomic E-state index is 14.2. The summed E-state index contributed by atoms with van der Waals surface area (Å²) in [6, 6.07) is 14.3. The largest absolute Gasteiger partial charge is 0.481 e. The molecule has 0 spiro atoms. The molecular formula is C27H31Cl2NO4. The van der Waals surface area contributed by atoms with Crippen molar-refractivity contribution in [2.45, 2.75) is 70.1 Å². The Balaban J connectivity index is 1.92. The number of carboxylic acid groups (broad SMARTS) is 1. The summed E-state index contributed by atoms with van der Waals surface area (Å²) in [5.74, 6) is -1.23. The highest BCUT2D eigenvalue weighted by Crippen LogP contribution is 2.54. The predicted octanol–water partition coefficient (Wildman–Crippen LogP) is 6.08. The van der Waals surface area contributed by atoms with Crippen LogP contribution in [0.25, 0.3) is 0 Å².